The summed E-state index contributed by atoms with van der Waals surface area (Å²) >= 11 is 18.5. The van der Waals surface area contributed by atoms with Crippen molar-refractivity contribution < 1.29 is 4.79 Å². The van der Waals surface area contributed by atoms with Crippen LogP contribution in [0.25, 0.3) is 11.3 Å². The third-order valence-corrected chi connectivity index (χ3v) is 5.28. The molecule has 0 bridgehead atoms. The molecule has 0 aliphatic rings. The van der Waals surface area contributed by atoms with Gasteiger partial charge in [-0.2, -0.15) is 0 Å². The van der Waals surface area contributed by atoms with E-state index in [0.29, 0.717) is 10.2 Å². The number of benzene rings is 2. The number of thiocarbonyl (C=S) groups is 1. The predicted molar refractivity (Wildman–Crippen MR) is 112 cm³/mol. The number of anilines is 1. The second-order valence-corrected chi connectivity index (χ2v) is 7.47. The minimum atomic E-state index is -0.440. The molecule has 0 saturated heterocycles. The number of aryl methyl sites for hydroxylation is 1. The summed E-state index contributed by atoms with van der Waals surface area (Å²) in [6, 6.07) is 12.9. The van der Waals surface area contributed by atoms with Gasteiger partial charge in [-0.25, -0.2) is 4.98 Å². The Bertz CT molecular complexity index is 971. The minimum Gasteiger partial charge on any atom is -0.308 e. The number of nitrogens with one attached hydrogen (secondary N) is 2. The normalized spacial score (nSPS) is 10.4. The van der Waals surface area contributed by atoms with Crippen molar-refractivity contribution in [1.82, 2.24) is 10.3 Å². The standard InChI is InChI=1S/C18H13Cl2N3OS2/c1-10-5-7-11(8-6-10)14-9-26-18(21-14)23-17(25)22-16(24)12-3-2-4-13(19)15(12)20/h2-9H,1H3,(H2,21,22,23,24,25). The zero-order valence-corrected chi connectivity index (χ0v) is 16.7. The van der Waals surface area contributed by atoms with Gasteiger partial charge in [0, 0.05) is 10.9 Å². The Labute approximate surface area is 170 Å². The van der Waals surface area contributed by atoms with Crippen molar-refractivity contribution in [2.24, 2.45) is 0 Å². The molecular formula is C18H13Cl2N3OS2. The summed E-state index contributed by atoms with van der Waals surface area (Å²) < 4.78 is 0. The largest absolute Gasteiger partial charge is 0.308 e. The van der Waals surface area contributed by atoms with Crippen molar-refractivity contribution in [3.63, 3.8) is 0 Å². The topological polar surface area (TPSA) is 54.0 Å². The molecule has 0 atom stereocenters. The van der Waals surface area contributed by atoms with Gasteiger partial charge in [0.15, 0.2) is 10.2 Å². The summed E-state index contributed by atoms with van der Waals surface area (Å²) in [6.45, 7) is 2.03. The fourth-order valence-electron chi connectivity index (χ4n) is 2.17. The van der Waals surface area contributed by atoms with Crippen molar-refractivity contribution in [2.45, 2.75) is 6.92 Å². The molecule has 0 saturated carbocycles. The van der Waals surface area contributed by atoms with Crippen LogP contribution in [0.1, 0.15) is 15.9 Å². The molecule has 132 valence electrons. The Hall–Kier alpha value is -1.99. The summed E-state index contributed by atoms with van der Waals surface area (Å²) in [5, 5.41) is 8.62. The van der Waals surface area contributed by atoms with E-state index in [1.165, 1.54) is 16.9 Å². The molecule has 0 fully saturated rings. The molecule has 0 aliphatic heterocycles. The van der Waals surface area contributed by atoms with Crippen LogP contribution in [0.3, 0.4) is 0 Å². The van der Waals surface area contributed by atoms with Gasteiger partial charge in [0.05, 0.1) is 21.3 Å². The molecule has 1 heterocycles. The maximum absolute atomic E-state index is 12.3. The highest BCUT2D eigenvalue weighted by atomic mass is 35.5. The van der Waals surface area contributed by atoms with Gasteiger partial charge in [-0.3, -0.25) is 10.1 Å². The van der Waals surface area contributed by atoms with Gasteiger partial charge in [0.1, 0.15) is 0 Å². The van der Waals surface area contributed by atoms with Gasteiger partial charge < -0.3 is 5.32 Å². The van der Waals surface area contributed by atoms with Gasteiger partial charge in [-0.05, 0) is 31.3 Å². The fourth-order valence-corrected chi connectivity index (χ4v) is 3.53. The van der Waals surface area contributed by atoms with Crippen LogP contribution in [0.4, 0.5) is 5.13 Å². The summed E-state index contributed by atoms with van der Waals surface area (Å²) in [5.74, 6) is -0.440. The number of hydrogen-bond acceptors (Lipinski definition) is 4. The molecule has 4 nitrogen and oxygen atoms in total. The molecule has 3 aromatic rings. The first-order chi connectivity index (χ1) is 12.4. The predicted octanol–water partition coefficient (Wildman–Crippen LogP) is 5.55. The van der Waals surface area contributed by atoms with Gasteiger partial charge in [-0.1, -0.05) is 59.1 Å². The van der Waals surface area contributed by atoms with E-state index in [-0.39, 0.29) is 15.7 Å². The van der Waals surface area contributed by atoms with Crippen LogP contribution < -0.4 is 10.6 Å². The van der Waals surface area contributed by atoms with Gasteiger partial charge in [0.2, 0.25) is 0 Å². The number of nitrogens with zero attached hydrogens (tertiary/aromatic N) is 1. The number of rotatable bonds is 3. The molecule has 3 rings (SSSR count). The summed E-state index contributed by atoms with van der Waals surface area (Å²) in [6.07, 6.45) is 0. The van der Waals surface area contributed by atoms with Crippen LogP contribution in [-0.4, -0.2) is 16.0 Å². The maximum atomic E-state index is 12.3. The van der Waals surface area contributed by atoms with Crippen LogP contribution in [0, 0.1) is 6.92 Å². The van der Waals surface area contributed by atoms with E-state index < -0.39 is 5.91 Å². The molecule has 1 amide bonds. The molecule has 1 aromatic heterocycles. The van der Waals surface area contributed by atoms with E-state index >= 15 is 0 Å². The molecule has 8 heteroatoms. The lowest BCUT2D eigenvalue weighted by Gasteiger charge is -2.09. The van der Waals surface area contributed by atoms with Gasteiger partial charge >= 0.3 is 0 Å². The Balaban J connectivity index is 1.66. The monoisotopic (exact) mass is 421 g/mol. The average molecular weight is 422 g/mol. The Kier molecular flexibility index (Phi) is 5.88. The van der Waals surface area contributed by atoms with Gasteiger partial charge in [0.25, 0.3) is 5.91 Å². The molecule has 2 aromatic carbocycles. The van der Waals surface area contributed by atoms with Crippen LogP contribution in [0.5, 0.6) is 0 Å². The fraction of sp³-hybridized carbons (Fsp3) is 0.0556. The molecule has 0 aliphatic carbocycles. The summed E-state index contributed by atoms with van der Waals surface area (Å²) in [5.41, 5.74) is 3.29. The van der Waals surface area contributed by atoms with E-state index in [1.54, 1.807) is 18.2 Å². The summed E-state index contributed by atoms with van der Waals surface area (Å²) in [4.78, 5) is 16.8. The van der Waals surface area contributed by atoms with Crippen LogP contribution in [-0.2, 0) is 0 Å². The zero-order chi connectivity index (χ0) is 18.7. The number of hydrogen-bond donors (Lipinski definition) is 2. The molecular weight excluding hydrogens is 409 g/mol. The quantitative estimate of drug-likeness (QED) is 0.544. The molecule has 0 unspecified atom stereocenters. The Morgan fingerprint density at radius 3 is 2.62 bits per heavy atom. The average Bonchev–Trinajstić information content (AvgIpc) is 3.06. The van der Waals surface area contributed by atoms with Crippen molar-refractivity contribution in [1.29, 1.82) is 0 Å². The smallest absolute Gasteiger partial charge is 0.258 e. The van der Waals surface area contributed by atoms with Crippen LogP contribution in [0.2, 0.25) is 10.0 Å². The minimum absolute atomic E-state index is 0.135. The number of halogens is 2. The van der Waals surface area contributed by atoms with Crippen LogP contribution in [0.15, 0.2) is 47.8 Å². The van der Waals surface area contributed by atoms with Crippen molar-refractivity contribution in [2.75, 3.05) is 5.32 Å². The highest BCUT2D eigenvalue weighted by Crippen LogP contribution is 2.26. The maximum Gasteiger partial charge on any atom is 0.258 e. The first-order valence-electron chi connectivity index (χ1n) is 7.53. The lowest BCUT2D eigenvalue weighted by molar-refractivity contribution is 0.0978. The third kappa shape index (κ3) is 4.40. The van der Waals surface area contributed by atoms with E-state index in [9.17, 15) is 4.79 Å². The first-order valence-corrected chi connectivity index (χ1v) is 9.57. The molecule has 0 radical (unpaired) electrons. The number of carbonyl (C=O) groups is 1. The molecule has 26 heavy (non-hydrogen) atoms. The van der Waals surface area contributed by atoms with E-state index in [0.717, 1.165) is 11.3 Å². The van der Waals surface area contributed by atoms with Crippen molar-refractivity contribution >= 4 is 62.9 Å². The third-order valence-electron chi connectivity index (χ3n) is 3.50. The number of thiazole rings is 1. The van der Waals surface area contributed by atoms with Crippen molar-refractivity contribution in [3.05, 3.63) is 69.0 Å². The first kappa shape index (κ1) is 18.8. The SMILES string of the molecule is Cc1ccc(-c2csc(NC(=S)NC(=O)c3cccc(Cl)c3Cl)n2)cc1. The molecule has 2 N–H and O–H groups in total. The van der Waals surface area contributed by atoms with E-state index in [2.05, 4.69) is 15.6 Å². The molecule has 0 spiro atoms. The lowest BCUT2D eigenvalue weighted by Crippen LogP contribution is -2.34. The Morgan fingerprint density at radius 2 is 1.88 bits per heavy atom. The summed E-state index contributed by atoms with van der Waals surface area (Å²) in [7, 11) is 0. The van der Waals surface area contributed by atoms with E-state index in [4.69, 9.17) is 35.4 Å². The van der Waals surface area contributed by atoms with Crippen molar-refractivity contribution in [3.8, 4) is 11.3 Å². The second kappa shape index (κ2) is 8.14. The van der Waals surface area contributed by atoms with E-state index in [1.807, 2.05) is 36.6 Å². The Morgan fingerprint density at radius 1 is 1.15 bits per heavy atom. The number of amides is 1. The number of carbonyl (C=O) groups excluding carboxylic acids is 1. The highest BCUT2D eigenvalue weighted by Gasteiger charge is 2.14. The van der Waals surface area contributed by atoms with Gasteiger partial charge in [-0.15, -0.1) is 11.3 Å². The lowest BCUT2D eigenvalue weighted by atomic mass is 10.1. The van der Waals surface area contributed by atoms with Crippen LogP contribution >= 0.6 is 46.8 Å². The zero-order valence-electron chi connectivity index (χ0n) is 13.5. The second-order valence-electron chi connectivity index (χ2n) is 5.41. The highest BCUT2D eigenvalue weighted by molar-refractivity contribution is 7.80. The number of aromatic nitrogens is 1.